The van der Waals surface area contributed by atoms with Gasteiger partial charge in [-0.05, 0) is 17.0 Å². The van der Waals surface area contributed by atoms with E-state index in [1.165, 1.54) is 5.56 Å². The molecule has 2 aromatic carbocycles. The molecule has 0 bridgehead atoms. The van der Waals surface area contributed by atoms with Gasteiger partial charge >= 0.3 is 0 Å². The van der Waals surface area contributed by atoms with E-state index in [4.69, 9.17) is 0 Å². The van der Waals surface area contributed by atoms with E-state index < -0.39 is 0 Å². The van der Waals surface area contributed by atoms with Crippen LogP contribution in [0.3, 0.4) is 0 Å². The average Bonchev–Trinajstić information content (AvgIpc) is 3.04. The Hall–Kier alpha value is -2.19. The second-order valence-electron chi connectivity index (χ2n) is 5.03. The molecular weight excluding hydrogens is 276 g/mol. The van der Waals surface area contributed by atoms with Gasteiger partial charge in [0.2, 0.25) is 0 Å². The first-order valence-electron chi connectivity index (χ1n) is 6.99. The normalized spacial score (nSPS) is 12.0. The van der Waals surface area contributed by atoms with Gasteiger partial charge in [-0.2, -0.15) is 0 Å². The highest BCUT2D eigenvalue weighted by atomic mass is 32.1. The number of hydrogen-bond donors (Lipinski definition) is 0. The van der Waals surface area contributed by atoms with E-state index in [0.717, 1.165) is 16.0 Å². The number of hydrogen-bond acceptors (Lipinski definition) is 2. The lowest BCUT2D eigenvalue weighted by Crippen LogP contribution is -2.05. The van der Waals surface area contributed by atoms with Gasteiger partial charge in [-0.25, -0.2) is 0 Å². The summed E-state index contributed by atoms with van der Waals surface area (Å²) in [5.74, 6) is 0.337. The second kappa shape index (κ2) is 6.06. The molecule has 3 aromatic rings. The zero-order valence-corrected chi connectivity index (χ0v) is 12.6. The molecule has 0 aliphatic carbocycles. The molecule has 0 saturated heterocycles. The fraction of sp³-hybridized carbons (Fsp3) is 0.105. The summed E-state index contributed by atoms with van der Waals surface area (Å²) < 4.78 is 0. The molecule has 0 N–H and O–H groups in total. The first kappa shape index (κ1) is 13.8. The third-order valence-corrected chi connectivity index (χ3v) is 4.77. The summed E-state index contributed by atoms with van der Waals surface area (Å²) in [5.41, 5.74) is 2.81. The Morgan fingerprint density at radius 2 is 1.52 bits per heavy atom. The van der Waals surface area contributed by atoms with Gasteiger partial charge in [0.15, 0.2) is 5.78 Å². The predicted octanol–water partition coefficient (Wildman–Crippen LogP) is 5.13. The molecule has 0 aliphatic heterocycles. The van der Waals surface area contributed by atoms with Crippen molar-refractivity contribution in [2.24, 2.45) is 0 Å². The molecule has 1 nitrogen and oxygen atoms in total. The predicted molar refractivity (Wildman–Crippen MR) is 88.2 cm³/mol. The molecule has 104 valence electrons. The van der Waals surface area contributed by atoms with E-state index in [-0.39, 0.29) is 11.7 Å². The molecule has 0 radical (unpaired) electrons. The van der Waals surface area contributed by atoms with Gasteiger partial charge < -0.3 is 0 Å². The van der Waals surface area contributed by atoms with Gasteiger partial charge in [-0.1, -0.05) is 67.6 Å². The molecule has 1 aromatic heterocycles. The number of benzene rings is 2. The Kier molecular flexibility index (Phi) is 3.98. The molecule has 0 saturated carbocycles. The lowest BCUT2D eigenvalue weighted by Gasteiger charge is -2.12. The molecule has 1 heterocycles. The van der Waals surface area contributed by atoms with Crippen molar-refractivity contribution in [2.45, 2.75) is 12.8 Å². The molecule has 1 unspecified atom stereocenters. The zero-order chi connectivity index (χ0) is 14.7. The lowest BCUT2D eigenvalue weighted by atomic mass is 9.94. The molecule has 0 spiro atoms. The standard InChI is InChI=1S/C19H16OS/c1-14(15-8-4-2-5-9-15)19-17(12-13-21-19)18(20)16-10-6-3-7-11-16/h2-14H,1H3. The Morgan fingerprint density at radius 1 is 0.905 bits per heavy atom. The number of rotatable bonds is 4. The summed E-state index contributed by atoms with van der Waals surface area (Å²) in [6, 6.07) is 21.7. The summed E-state index contributed by atoms with van der Waals surface area (Å²) >= 11 is 1.65. The molecule has 3 rings (SSSR count). The van der Waals surface area contributed by atoms with E-state index in [1.807, 2.05) is 60.0 Å². The van der Waals surface area contributed by atoms with Crippen molar-refractivity contribution < 1.29 is 4.79 Å². The minimum atomic E-state index is 0.106. The maximum Gasteiger partial charge on any atom is 0.194 e. The van der Waals surface area contributed by atoms with Crippen molar-refractivity contribution in [2.75, 3.05) is 0 Å². The van der Waals surface area contributed by atoms with Gasteiger partial charge in [0.25, 0.3) is 0 Å². The number of ketones is 1. The highest BCUT2D eigenvalue weighted by Crippen LogP contribution is 2.32. The molecule has 0 amide bonds. The van der Waals surface area contributed by atoms with Crippen LogP contribution >= 0.6 is 11.3 Å². The summed E-state index contributed by atoms with van der Waals surface area (Å²) in [4.78, 5) is 13.8. The quantitative estimate of drug-likeness (QED) is 0.609. The molecule has 0 aliphatic rings. The first-order chi connectivity index (χ1) is 10.3. The fourth-order valence-electron chi connectivity index (χ4n) is 2.48. The van der Waals surface area contributed by atoms with Gasteiger partial charge in [-0.3, -0.25) is 4.79 Å². The van der Waals surface area contributed by atoms with Crippen LogP contribution in [0.15, 0.2) is 72.1 Å². The van der Waals surface area contributed by atoms with Crippen LogP contribution in [0.4, 0.5) is 0 Å². The van der Waals surface area contributed by atoms with E-state index in [1.54, 1.807) is 11.3 Å². The van der Waals surface area contributed by atoms with E-state index in [0.29, 0.717) is 0 Å². The highest BCUT2D eigenvalue weighted by Gasteiger charge is 2.19. The van der Waals surface area contributed by atoms with Gasteiger partial charge in [0, 0.05) is 21.9 Å². The van der Waals surface area contributed by atoms with Crippen LogP contribution in [0.25, 0.3) is 0 Å². The van der Waals surface area contributed by atoms with Crippen molar-refractivity contribution in [3.63, 3.8) is 0 Å². The summed E-state index contributed by atoms with van der Waals surface area (Å²) in [5, 5.41) is 2.00. The highest BCUT2D eigenvalue weighted by molar-refractivity contribution is 7.10. The van der Waals surface area contributed by atoms with Gasteiger partial charge in [0.05, 0.1) is 0 Å². The Bertz CT molecular complexity index is 729. The smallest absolute Gasteiger partial charge is 0.194 e. The van der Waals surface area contributed by atoms with Crippen LogP contribution in [-0.2, 0) is 0 Å². The first-order valence-corrected chi connectivity index (χ1v) is 7.87. The Morgan fingerprint density at radius 3 is 2.19 bits per heavy atom. The topological polar surface area (TPSA) is 17.1 Å². The van der Waals surface area contributed by atoms with Crippen LogP contribution in [0.5, 0.6) is 0 Å². The Balaban J connectivity index is 1.96. The zero-order valence-electron chi connectivity index (χ0n) is 11.8. The molecule has 2 heteroatoms. The van der Waals surface area contributed by atoms with Crippen LogP contribution in [0.2, 0.25) is 0 Å². The second-order valence-corrected chi connectivity index (χ2v) is 5.97. The van der Waals surface area contributed by atoms with Crippen molar-refractivity contribution in [3.05, 3.63) is 93.7 Å². The average molecular weight is 292 g/mol. The van der Waals surface area contributed by atoms with Crippen molar-refractivity contribution in [1.82, 2.24) is 0 Å². The minimum absolute atomic E-state index is 0.106. The van der Waals surface area contributed by atoms with Crippen LogP contribution in [0.1, 0.15) is 39.2 Å². The van der Waals surface area contributed by atoms with E-state index in [9.17, 15) is 4.79 Å². The third-order valence-electron chi connectivity index (χ3n) is 3.67. The monoisotopic (exact) mass is 292 g/mol. The van der Waals surface area contributed by atoms with Gasteiger partial charge in [0.1, 0.15) is 0 Å². The molecular formula is C19H16OS. The molecule has 0 fully saturated rings. The molecule has 21 heavy (non-hydrogen) atoms. The Labute approximate surface area is 128 Å². The maximum absolute atomic E-state index is 12.7. The van der Waals surface area contributed by atoms with Gasteiger partial charge in [-0.15, -0.1) is 11.3 Å². The lowest BCUT2D eigenvalue weighted by molar-refractivity contribution is 0.103. The SMILES string of the molecule is CC(c1ccccc1)c1sccc1C(=O)c1ccccc1. The third kappa shape index (κ3) is 2.81. The molecule has 1 atom stereocenters. The summed E-state index contributed by atoms with van der Waals surface area (Å²) in [6.45, 7) is 2.16. The minimum Gasteiger partial charge on any atom is -0.289 e. The number of carbonyl (C=O) groups excluding carboxylic acids is 1. The fourth-order valence-corrected chi connectivity index (χ4v) is 3.46. The van der Waals surface area contributed by atoms with Crippen molar-refractivity contribution in [1.29, 1.82) is 0 Å². The van der Waals surface area contributed by atoms with Crippen LogP contribution < -0.4 is 0 Å². The van der Waals surface area contributed by atoms with Crippen LogP contribution in [-0.4, -0.2) is 5.78 Å². The number of thiophene rings is 1. The largest absolute Gasteiger partial charge is 0.289 e. The summed E-state index contributed by atoms with van der Waals surface area (Å²) in [7, 11) is 0. The van der Waals surface area contributed by atoms with E-state index in [2.05, 4.69) is 19.1 Å². The van der Waals surface area contributed by atoms with Crippen molar-refractivity contribution >= 4 is 17.1 Å². The number of carbonyl (C=O) groups is 1. The van der Waals surface area contributed by atoms with Crippen LogP contribution in [0, 0.1) is 0 Å². The maximum atomic E-state index is 12.7. The summed E-state index contributed by atoms with van der Waals surface area (Å²) in [6.07, 6.45) is 0. The van der Waals surface area contributed by atoms with Crippen molar-refractivity contribution in [3.8, 4) is 0 Å². The van der Waals surface area contributed by atoms with E-state index >= 15 is 0 Å².